The first-order valence-electron chi connectivity index (χ1n) is 9.82. The zero-order valence-electron chi connectivity index (χ0n) is 16.7. The molecule has 0 aromatic carbocycles. The molecule has 3 aliphatic carbocycles. The Labute approximate surface area is 160 Å². The van der Waals surface area contributed by atoms with Crippen LogP contribution in [-0.2, 0) is 19.1 Å². The van der Waals surface area contributed by atoms with Gasteiger partial charge in [-0.25, -0.2) is 0 Å². The van der Waals surface area contributed by atoms with Crippen LogP contribution in [0.2, 0.25) is 0 Å². The van der Waals surface area contributed by atoms with E-state index in [4.69, 9.17) is 4.74 Å². The molecule has 1 N–H and O–H groups in total. The Morgan fingerprint density at radius 3 is 2.52 bits per heavy atom. The normalized spacial score (nSPS) is 38.9. The molecule has 1 saturated carbocycles. The highest BCUT2D eigenvalue weighted by Crippen LogP contribution is 2.55. The van der Waals surface area contributed by atoms with Crippen LogP contribution in [0.1, 0.15) is 59.8 Å². The van der Waals surface area contributed by atoms with Crippen molar-refractivity contribution in [3.05, 3.63) is 23.8 Å². The number of carbonyl (C=O) groups is 3. The largest absolute Gasteiger partial charge is 0.458 e. The van der Waals surface area contributed by atoms with Gasteiger partial charge < -0.3 is 9.84 Å². The van der Waals surface area contributed by atoms with Gasteiger partial charge >= 0.3 is 5.97 Å². The van der Waals surface area contributed by atoms with E-state index >= 15 is 0 Å². The maximum Gasteiger partial charge on any atom is 0.303 e. The molecule has 0 spiro atoms. The first-order chi connectivity index (χ1) is 12.5. The molecule has 3 aliphatic rings. The Morgan fingerprint density at radius 1 is 1.22 bits per heavy atom. The average Bonchev–Trinajstić information content (AvgIpc) is 2.83. The minimum absolute atomic E-state index is 0.107. The van der Waals surface area contributed by atoms with E-state index in [1.54, 1.807) is 6.08 Å². The third-order valence-corrected chi connectivity index (χ3v) is 7.06. The number of allylic oxidation sites excluding steroid dienone is 2. The fourth-order valence-electron chi connectivity index (χ4n) is 5.59. The summed E-state index contributed by atoms with van der Waals surface area (Å²) < 4.78 is 5.58. The topological polar surface area (TPSA) is 80.7 Å². The molecule has 0 aliphatic heterocycles. The molecule has 0 saturated heterocycles. The van der Waals surface area contributed by atoms with Crippen LogP contribution in [0.5, 0.6) is 0 Å². The highest BCUT2D eigenvalue weighted by molar-refractivity contribution is 6.12. The van der Waals surface area contributed by atoms with Gasteiger partial charge in [-0.1, -0.05) is 39.8 Å². The third-order valence-electron chi connectivity index (χ3n) is 7.06. The van der Waals surface area contributed by atoms with Crippen molar-refractivity contribution in [3.63, 3.8) is 0 Å². The van der Waals surface area contributed by atoms with Crippen molar-refractivity contribution in [3.8, 4) is 0 Å². The Hall–Kier alpha value is -1.75. The molecule has 2 bridgehead atoms. The summed E-state index contributed by atoms with van der Waals surface area (Å²) in [6, 6.07) is 0. The van der Waals surface area contributed by atoms with E-state index in [0.717, 1.165) is 12.8 Å². The summed E-state index contributed by atoms with van der Waals surface area (Å²) in [5.74, 6) is -1.32. The first-order valence-corrected chi connectivity index (χ1v) is 9.82. The number of ether oxygens (including phenoxy) is 1. The van der Waals surface area contributed by atoms with Gasteiger partial charge in [0.15, 0.2) is 11.6 Å². The summed E-state index contributed by atoms with van der Waals surface area (Å²) in [4.78, 5) is 37.8. The van der Waals surface area contributed by atoms with E-state index in [0.29, 0.717) is 24.0 Å². The lowest BCUT2D eigenvalue weighted by Gasteiger charge is -2.51. The summed E-state index contributed by atoms with van der Waals surface area (Å²) in [6.45, 7) is 11.4. The number of fused-ring (bicyclic) bond motifs is 2. The van der Waals surface area contributed by atoms with Gasteiger partial charge in [0.25, 0.3) is 0 Å². The van der Waals surface area contributed by atoms with Crippen LogP contribution < -0.4 is 0 Å². The molecule has 0 aromatic heterocycles. The molecule has 5 unspecified atom stereocenters. The minimum atomic E-state index is -1.12. The number of ketones is 2. The summed E-state index contributed by atoms with van der Waals surface area (Å²) >= 11 is 0. The van der Waals surface area contributed by atoms with E-state index in [9.17, 15) is 19.5 Å². The molecule has 0 aromatic rings. The molecule has 5 atom stereocenters. The van der Waals surface area contributed by atoms with Crippen LogP contribution in [0.15, 0.2) is 23.8 Å². The number of esters is 1. The van der Waals surface area contributed by atoms with E-state index in [2.05, 4.69) is 20.4 Å². The number of aliphatic hydroxyl groups is 1. The molecule has 0 amide bonds. The highest BCUT2D eigenvalue weighted by Gasteiger charge is 2.54. The second kappa shape index (κ2) is 6.69. The van der Waals surface area contributed by atoms with Crippen molar-refractivity contribution in [1.29, 1.82) is 0 Å². The van der Waals surface area contributed by atoms with Crippen molar-refractivity contribution < 1.29 is 24.2 Å². The zero-order valence-corrected chi connectivity index (χ0v) is 16.7. The van der Waals surface area contributed by atoms with Gasteiger partial charge in [0.1, 0.15) is 12.2 Å². The average molecular weight is 374 g/mol. The summed E-state index contributed by atoms with van der Waals surface area (Å²) in [5.41, 5.74) is -0.0614. The molecule has 148 valence electrons. The fourth-order valence-corrected chi connectivity index (χ4v) is 5.59. The van der Waals surface area contributed by atoms with Gasteiger partial charge in [0.2, 0.25) is 0 Å². The van der Waals surface area contributed by atoms with Crippen molar-refractivity contribution in [2.24, 2.45) is 22.7 Å². The van der Waals surface area contributed by atoms with Crippen LogP contribution in [-0.4, -0.2) is 34.9 Å². The van der Waals surface area contributed by atoms with E-state index in [1.165, 1.54) is 6.92 Å². The first kappa shape index (κ1) is 20.0. The summed E-state index contributed by atoms with van der Waals surface area (Å²) in [5, 5.41) is 10.7. The number of aliphatic hydroxyl groups excluding tert-OH is 1. The lowest BCUT2D eigenvalue weighted by atomic mass is 9.52. The van der Waals surface area contributed by atoms with Crippen LogP contribution in [0, 0.1) is 22.7 Å². The number of rotatable bonds is 1. The number of Topliss-reactive ketones (excluding diaryl/α,β-unsaturated/α-hetero) is 2. The molecule has 3 rings (SSSR count). The Balaban J connectivity index is 2.12. The lowest BCUT2D eigenvalue weighted by molar-refractivity contribution is -0.153. The fraction of sp³-hybridized carbons (Fsp3) is 0.682. The standard InChI is InChI=1S/C22H30O5/c1-12-14-9-15(19(12)25)17(27-13(2)23)11-18-21(3,4)7-6-8-22(18,5)20(26)16(24)10-14/h9,14,16-18,24H,1,6-8,10-11H2,2-5H3. The minimum Gasteiger partial charge on any atom is -0.458 e. The third kappa shape index (κ3) is 3.31. The molecule has 27 heavy (non-hydrogen) atoms. The van der Waals surface area contributed by atoms with Crippen molar-refractivity contribution in [2.45, 2.75) is 72.0 Å². The molecular weight excluding hydrogens is 344 g/mol. The lowest BCUT2D eigenvalue weighted by Crippen LogP contribution is -2.52. The molecule has 0 heterocycles. The molecule has 5 nitrogen and oxygen atoms in total. The van der Waals surface area contributed by atoms with E-state index in [-0.39, 0.29) is 35.2 Å². The van der Waals surface area contributed by atoms with E-state index < -0.39 is 23.6 Å². The Kier molecular flexibility index (Phi) is 4.96. The summed E-state index contributed by atoms with van der Waals surface area (Å²) in [6.07, 6.45) is 3.06. The smallest absolute Gasteiger partial charge is 0.303 e. The van der Waals surface area contributed by atoms with Crippen molar-refractivity contribution in [2.75, 3.05) is 0 Å². The van der Waals surface area contributed by atoms with Crippen LogP contribution in [0.3, 0.4) is 0 Å². The van der Waals surface area contributed by atoms with Gasteiger partial charge in [-0.2, -0.15) is 0 Å². The van der Waals surface area contributed by atoms with Gasteiger partial charge in [-0.3, -0.25) is 14.4 Å². The maximum atomic E-state index is 13.3. The molecule has 5 heteroatoms. The van der Waals surface area contributed by atoms with E-state index in [1.807, 2.05) is 6.92 Å². The van der Waals surface area contributed by atoms with Crippen molar-refractivity contribution >= 4 is 17.5 Å². The monoisotopic (exact) mass is 374 g/mol. The quantitative estimate of drug-likeness (QED) is 0.563. The van der Waals surface area contributed by atoms with Gasteiger partial charge in [0.05, 0.1) is 0 Å². The SMILES string of the molecule is C=C1C(=O)C2=CC1CC(O)C(=O)C1(C)CCCC(C)(C)C1CC2OC(C)=O. The van der Waals surface area contributed by atoms with Gasteiger partial charge in [-0.15, -0.1) is 0 Å². The maximum absolute atomic E-state index is 13.3. The zero-order chi connectivity index (χ0) is 20.1. The highest BCUT2D eigenvalue weighted by atomic mass is 16.5. The summed E-state index contributed by atoms with van der Waals surface area (Å²) in [7, 11) is 0. The second-order valence-corrected chi connectivity index (χ2v) is 9.34. The van der Waals surface area contributed by atoms with Crippen LogP contribution in [0.25, 0.3) is 0 Å². The number of carbonyl (C=O) groups excluding carboxylic acids is 3. The number of hydrogen-bond acceptors (Lipinski definition) is 5. The second-order valence-electron chi connectivity index (χ2n) is 9.34. The Morgan fingerprint density at radius 2 is 1.89 bits per heavy atom. The molecule has 0 radical (unpaired) electrons. The van der Waals surface area contributed by atoms with Crippen molar-refractivity contribution in [1.82, 2.24) is 0 Å². The van der Waals surface area contributed by atoms with Gasteiger partial charge in [-0.05, 0) is 42.6 Å². The molecular formula is C22H30O5. The number of hydrogen-bond donors (Lipinski definition) is 1. The van der Waals surface area contributed by atoms with Gasteiger partial charge in [0, 0.05) is 23.8 Å². The predicted octanol–water partition coefficient (Wildman–Crippen LogP) is 3.16. The molecule has 1 fully saturated rings. The van der Waals surface area contributed by atoms with Crippen LogP contribution in [0.4, 0.5) is 0 Å². The Bertz CT molecular complexity index is 731. The predicted molar refractivity (Wildman–Crippen MR) is 101 cm³/mol. The van der Waals surface area contributed by atoms with Crippen LogP contribution >= 0.6 is 0 Å².